The number of para-hydroxylation sites is 2. The SMILES string of the molecule is CCOC(=O)/C(C=[NH+]c1ccccc1[NH+]=C/C(C(=O)OCC)=C(/C)O)=C(\C)O.CC[OH2+].[Al+3]. The number of rotatable bonds is 8. The second kappa shape index (κ2) is 17.7. The fourth-order valence-corrected chi connectivity index (χ4v) is 2.07. The first-order valence-corrected chi connectivity index (χ1v) is 9.80. The summed E-state index contributed by atoms with van der Waals surface area (Å²) < 4.78 is 9.81. The maximum Gasteiger partial charge on any atom is 3.00 e. The number of carbonyl (C=O) groups is 2. The van der Waals surface area contributed by atoms with E-state index < -0.39 is 11.9 Å². The fraction of sp³-hybridized carbons (Fsp3) is 0.364. The van der Waals surface area contributed by atoms with Crippen LogP contribution in [0.5, 0.6) is 0 Å². The Labute approximate surface area is 198 Å². The normalized spacial score (nSPS) is 12.2. The van der Waals surface area contributed by atoms with Crippen LogP contribution in [-0.4, -0.2) is 76.9 Å². The third kappa shape index (κ3) is 11.5. The number of aliphatic hydroxyl groups is 2. The largest absolute Gasteiger partial charge is 3.00 e. The summed E-state index contributed by atoms with van der Waals surface area (Å²) in [5.74, 6) is -1.69. The van der Waals surface area contributed by atoms with Gasteiger partial charge in [-0.1, -0.05) is 12.1 Å². The van der Waals surface area contributed by atoms with Gasteiger partial charge in [-0.3, -0.25) is 0 Å². The number of benzene rings is 1. The third-order valence-corrected chi connectivity index (χ3v) is 3.44. The van der Waals surface area contributed by atoms with Crippen LogP contribution in [0.1, 0.15) is 34.6 Å². The van der Waals surface area contributed by atoms with E-state index in [1.54, 1.807) is 45.0 Å². The third-order valence-electron chi connectivity index (χ3n) is 3.44. The molecule has 0 aliphatic heterocycles. The molecule has 0 bridgehead atoms. The molecule has 9 nitrogen and oxygen atoms in total. The van der Waals surface area contributed by atoms with Crippen LogP contribution in [0, 0.1) is 0 Å². The first-order valence-electron chi connectivity index (χ1n) is 9.80. The van der Waals surface area contributed by atoms with E-state index in [1.807, 2.05) is 0 Å². The number of aliphatic hydroxyl groups excluding tert-OH is 2. The summed E-state index contributed by atoms with van der Waals surface area (Å²) >= 11 is 0. The van der Waals surface area contributed by atoms with Gasteiger partial charge in [-0.15, -0.1) is 0 Å². The summed E-state index contributed by atoms with van der Waals surface area (Å²) in [6, 6.07) is 6.98. The molecule has 0 saturated carbocycles. The molecule has 0 fully saturated rings. The van der Waals surface area contributed by atoms with Crippen LogP contribution in [-0.2, 0) is 19.1 Å². The Morgan fingerprint density at radius 2 is 1.19 bits per heavy atom. The van der Waals surface area contributed by atoms with Gasteiger partial charge in [0, 0.05) is 19.1 Å². The molecule has 10 heteroatoms. The maximum absolute atomic E-state index is 11.9. The molecule has 0 unspecified atom stereocenters. The van der Waals surface area contributed by atoms with Crippen LogP contribution in [0.2, 0.25) is 0 Å². The van der Waals surface area contributed by atoms with E-state index in [2.05, 4.69) is 9.98 Å². The molecule has 0 aliphatic carbocycles. The van der Waals surface area contributed by atoms with Crippen molar-refractivity contribution in [2.75, 3.05) is 19.8 Å². The van der Waals surface area contributed by atoms with E-state index >= 15 is 0 Å². The van der Waals surface area contributed by atoms with Gasteiger partial charge in [0.1, 0.15) is 18.1 Å². The molecule has 0 radical (unpaired) electrons. The van der Waals surface area contributed by atoms with Crippen LogP contribution in [0.3, 0.4) is 0 Å². The van der Waals surface area contributed by atoms with Gasteiger partial charge in [0.05, 0.1) is 13.2 Å². The molecule has 0 amide bonds. The molecular formula is C22H33AlN2O7+6. The summed E-state index contributed by atoms with van der Waals surface area (Å²) in [7, 11) is 0. The molecule has 0 atom stereocenters. The smallest absolute Gasteiger partial charge is 0.511 e. The molecule has 1 rings (SSSR count). The van der Waals surface area contributed by atoms with Crippen molar-refractivity contribution in [3.8, 4) is 0 Å². The average molecular weight is 464 g/mol. The molecule has 6 N–H and O–H groups in total. The molecular weight excluding hydrogens is 431 g/mol. The number of ether oxygens (including phenoxy) is 2. The zero-order valence-corrected chi connectivity index (χ0v) is 20.3. The maximum atomic E-state index is 11.9. The number of esters is 2. The van der Waals surface area contributed by atoms with Gasteiger partial charge in [-0.05, 0) is 27.7 Å². The fourth-order valence-electron chi connectivity index (χ4n) is 2.07. The van der Waals surface area contributed by atoms with Gasteiger partial charge in [0.2, 0.25) is 0 Å². The van der Waals surface area contributed by atoms with E-state index in [1.165, 1.54) is 26.3 Å². The van der Waals surface area contributed by atoms with Crippen LogP contribution in [0.25, 0.3) is 0 Å². The second-order valence-corrected chi connectivity index (χ2v) is 5.92. The predicted molar refractivity (Wildman–Crippen MR) is 124 cm³/mol. The van der Waals surface area contributed by atoms with Crippen molar-refractivity contribution < 1.29 is 44.4 Å². The molecule has 170 valence electrons. The topological polar surface area (TPSA) is 144 Å². The monoisotopic (exact) mass is 464 g/mol. The van der Waals surface area contributed by atoms with E-state index in [0.29, 0.717) is 18.0 Å². The predicted octanol–water partition coefficient (Wildman–Crippen LogP) is -0.607. The first kappa shape index (κ1) is 31.3. The molecule has 0 heterocycles. The Bertz CT molecular complexity index is 785. The molecule has 32 heavy (non-hydrogen) atoms. The van der Waals surface area contributed by atoms with Crippen molar-refractivity contribution in [3.63, 3.8) is 0 Å². The van der Waals surface area contributed by atoms with Gasteiger partial charge in [-0.25, -0.2) is 19.6 Å². The summed E-state index contributed by atoms with van der Waals surface area (Å²) in [4.78, 5) is 29.6. The Balaban J connectivity index is 0. The average Bonchev–Trinajstić information content (AvgIpc) is 2.69. The molecule has 1 aromatic rings. The van der Waals surface area contributed by atoms with Gasteiger partial charge in [0.15, 0.2) is 23.6 Å². The molecule has 1 aromatic carbocycles. The number of hydrogen-bond donors (Lipinski definition) is 4. The van der Waals surface area contributed by atoms with E-state index in [0.717, 1.165) is 0 Å². The molecule has 0 aliphatic rings. The van der Waals surface area contributed by atoms with Crippen molar-refractivity contribution >= 4 is 53.1 Å². The van der Waals surface area contributed by atoms with Crippen molar-refractivity contribution in [2.24, 2.45) is 0 Å². The van der Waals surface area contributed by atoms with Gasteiger partial charge >= 0.3 is 29.3 Å². The van der Waals surface area contributed by atoms with Crippen molar-refractivity contribution in [1.29, 1.82) is 0 Å². The number of hydrogen-bond acceptors (Lipinski definition) is 6. The Hall–Kier alpha value is -2.93. The quantitative estimate of drug-likeness (QED) is 0.101. The van der Waals surface area contributed by atoms with E-state index in [9.17, 15) is 19.8 Å². The van der Waals surface area contributed by atoms with E-state index in [4.69, 9.17) is 14.6 Å². The van der Waals surface area contributed by atoms with Crippen LogP contribution >= 0.6 is 0 Å². The summed E-state index contributed by atoms with van der Waals surface area (Å²) in [6.45, 7) is 8.75. The standard InChI is InChI=1S/C20H24N2O6.C2H6O.Al/c1-5-27-19(25)15(13(3)23)11-21-17-9-7-8-10-18(17)22-12-16(14(4)24)20(26)28-6-2;1-2-3;/h7-12,23-24H,5-6H2,1-4H3;3H,2H2,1H3;/q;;+3/p+3/b15-13+,16-14+,21-11?,22-12?;;. The first-order chi connectivity index (χ1) is 14.7. The van der Waals surface area contributed by atoms with Gasteiger partial charge in [0.25, 0.3) is 11.4 Å². The zero-order valence-electron chi connectivity index (χ0n) is 19.2. The summed E-state index contributed by atoms with van der Waals surface area (Å²) in [5.41, 5.74) is 1.08. The molecule has 0 saturated heterocycles. The van der Waals surface area contributed by atoms with Crippen molar-refractivity contribution in [3.05, 3.63) is 46.9 Å². The Kier molecular flexibility index (Phi) is 17.3. The minimum atomic E-state index is -0.657. The Morgan fingerprint density at radius 3 is 1.44 bits per heavy atom. The van der Waals surface area contributed by atoms with Crippen molar-refractivity contribution in [1.82, 2.24) is 0 Å². The number of carbonyl (C=O) groups excluding carboxylic acids is 2. The van der Waals surface area contributed by atoms with Crippen LogP contribution in [0.4, 0.5) is 11.4 Å². The number of allylic oxidation sites excluding steroid dienone is 2. The molecule has 0 spiro atoms. The van der Waals surface area contributed by atoms with Crippen molar-refractivity contribution in [2.45, 2.75) is 34.6 Å². The summed E-state index contributed by atoms with van der Waals surface area (Å²) in [5, 5.41) is 25.6. The zero-order chi connectivity index (χ0) is 23.8. The van der Waals surface area contributed by atoms with Gasteiger partial charge < -0.3 is 24.8 Å². The van der Waals surface area contributed by atoms with Crippen LogP contribution < -0.4 is 9.98 Å². The van der Waals surface area contributed by atoms with Gasteiger partial charge in [-0.2, -0.15) is 0 Å². The second-order valence-electron chi connectivity index (χ2n) is 5.92. The van der Waals surface area contributed by atoms with Crippen LogP contribution in [0.15, 0.2) is 46.9 Å². The summed E-state index contributed by atoms with van der Waals surface area (Å²) in [6.07, 6.45) is 2.65. The number of nitrogens with one attached hydrogen (secondary N) is 2. The van der Waals surface area contributed by atoms with E-state index in [-0.39, 0.29) is 53.2 Å². The minimum absolute atomic E-state index is 0. The molecule has 0 aromatic heterocycles. The Morgan fingerprint density at radius 1 is 0.875 bits per heavy atom. The minimum Gasteiger partial charge on any atom is -0.511 e.